The van der Waals surface area contributed by atoms with Crippen LogP contribution in [0.5, 0.6) is 0 Å². The van der Waals surface area contributed by atoms with E-state index in [1.807, 2.05) is 29.5 Å². The molecule has 2 atom stereocenters. The summed E-state index contributed by atoms with van der Waals surface area (Å²) in [6.07, 6.45) is 5.79. The smallest absolute Gasteiger partial charge is 0.475 e. The van der Waals surface area contributed by atoms with E-state index in [9.17, 15) is 17.6 Å². The fourth-order valence-electron chi connectivity index (χ4n) is 6.15. The number of rotatable bonds is 4. The number of aromatic nitrogens is 4. The highest BCUT2D eigenvalue weighted by molar-refractivity contribution is 5.73. The van der Waals surface area contributed by atoms with Crippen molar-refractivity contribution in [3.05, 3.63) is 78.8 Å². The van der Waals surface area contributed by atoms with Crippen molar-refractivity contribution in [1.82, 2.24) is 19.3 Å². The number of hydrogen-bond acceptors (Lipinski definition) is 5. The highest BCUT2D eigenvalue weighted by Gasteiger charge is 2.39. The highest BCUT2D eigenvalue weighted by Crippen LogP contribution is 2.47. The molecule has 2 aromatic heterocycles. The standard InChI is InChI=1S/C28H28FN5O.C2HF3O2/c29-25-3-1-2-24-26-15-30-18-33(26)28(27(24)25)20-8-11-32(12-9-20)22-6-4-19(5-7-22)21-14-31-34(16-21)23-10-13-35-17-23;3-2(4,5)1(6)7/h1-7,14-16,18,20,23,28H,8-13,17H2;(H,6,7)/t23-,28?;/m1./s1. The molecule has 3 aliphatic heterocycles. The molecular weight excluding hydrogens is 554 g/mol. The third kappa shape index (κ3) is 5.38. The number of imidazole rings is 1. The first kappa shape index (κ1) is 28.0. The van der Waals surface area contributed by atoms with E-state index in [0.29, 0.717) is 12.0 Å². The van der Waals surface area contributed by atoms with E-state index < -0.39 is 12.1 Å². The summed E-state index contributed by atoms with van der Waals surface area (Å²) in [7, 11) is 0. The summed E-state index contributed by atoms with van der Waals surface area (Å²) in [6, 6.07) is 14.6. The molecule has 0 spiro atoms. The van der Waals surface area contributed by atoms with Crippen molar-refractivity contribution in [2.45, 2.75) is 37.5 Å². The number of carboxylic acid groups (broad SMARTS) is 1. The minimum Gasteiger partial charge on any atom is -0.475 e. The first-order valence-corrected chi connectivity index (χ1v) is 13.8. The van der Waals surface area contributed by atoms with Gasteiger partial charge in [0.05, 0.1) is 43.1 Å². The average Bonchev–Trinajstić information content (AvgIpc) is 3.79. The van der Waals surface area contributed by atoms with Gasteiger partial charge in [0.1, 0.15) is 5.82 Å². The fraction of sp³-hybridized carbons (Fsp3) is 0.367. The molecule has 2 saturated heterocycles. The van der Waals surface area contributed by atoms with E-state index in [-0.39, 0.29) is 11.9 Å². The van der Waals surface area contributed by atoms with Crippen molar-refractivity contribution < 1.29 is 32.2 Å². The number of anilines is 1. The molecule has 0 bridgehead atoms. The number of nitrogens with zero attached hydrogens (tertiary/aromatic N) is 5. The van der Waals surface area contributed by atoms with Crippen LogP contribution in [-0.2, 0) is 9.53 Å². The molecule has 220 valence electrons. The molecule has 1 N–H and O–H groups in total. The van der Waals surface area contributed by atoms with Crippen LogP contribution in [0.2, 0.25) is 0 Å². The summed E-state index contributed by atoms with van der Waals surface area (Å²) in [6.45, 7) is 3.50. The van der Waals surface area contributed by atoms with E-state index in [1.165, 1.54) is 11.3 Å². The molecule has 12 heteroatoms. The van der Waals surface area contributed by atoms with Crippen LogP contribution in [0.4, 0.5) is 23.2 Å². The van der Waals surface area contributed by atoms with Gasteiger partial charge in [-0.1, -0.05) is 24.3 Å². The van der Waals surface area contributed by atoms with Gasteiger partial charge in [-0.15, -0.1) is 0 Å². The Hall–Kier alpha value is -4.19. The maximum atomic E-state index is 14.9. The number of hydrogen-bond donors (Lipinski definition) is 1. The number of carboxylic acids is 1. The molecule has 7 rings (SSSR count). The normalized spacial score (nSPS) is 20.1. The fourth-order valence-corrected chi connectivity index (χ4v) is 6.15. The number of alkyl halides is 3. The lowest BCUT2D eigenvalue weighted by atomic mass is 9.85. The van der Waals surface area contributed by atoms with Crippen LogP contribution >= 0.6 is 0 Å². The number of aliphatic carboxylic acids is 1. The van der Waals surface area contributed by atoms with Gasteiger partial charge in [-0.05, 0) is 48.9 Å². The summed E-state index contributed by atoms with van der Waals surface area (Å²) in [5.74, 6) is -2.47. The maximum absolute atomic E-state index is 14.9. The van der Waals surface area contributed by atoms with Crippen LogP contribution in [-0.4, -0.2) is 62.9 Å². The van der Waals surface area contributed by atoms with Crippen molar-refractivity contribution in [2.24, 2.45) is 5.92 Å². The third-order valence-corrected chi connectivity index (χ3v) is 8.27. The van der Waals surface area contributed by atoms with Crippen LogP contribution in [0.3, 0.4) is 0 Å². The zero-order valence-corrected chi connectivity index (χ0v) is 22.5. The summed E-state index contributed by atoms with van der Waals surface area (Å²) >= 11 is 0. The van der Waals surface area contributed by atoms with E-state index in [0.717, 1.165) is 68.0 Å². The van der Waals surface area contributed by atoms with Crippen LogP contribution in [0, 0.1) is 11.7 Å². The molecule has 42 heavy (non-hydrogen) atoms. The highest BCUT2D eigenvalue weighted by atomic mass is 19.4. The monoisotopic (exact) mass is 583 g/mol. The van der Waals surface area contributed by atoms with E-state index in [1.54, 1.807) is 12.1 Å². The van der Waals surface area contributed by atoms with Gasteiger partial charge >= 0.3 is 12.1 Å². The van der Waals surface area contributed by atoms with Crippen molar-refractivity contribution in [2.75, 3.05) is 31.2 Å². The van der Waals surface area contributed by atoms with Gasteiger partial charge in [-0.25, -0.2) is 14.2 Å². The van der Waals surface area contributed by atoms with Crippen molar-refractivity contribution >= 4 is 11.7 Å². The molecule has 5 heterocycles. The van der Waals surface area contributed by atoms with Crippen LogP contribution in [0.25, 0.3) is 22.4 Å². The Morgan fingerprint density at radius 2 is 1.74 bits per heavy atom. The molecule has 0 radical (unpaired) electrons. The van der Waals surface area contributed by atoms with Crippen molar-refractivity contribution in [3.63, 3.8) is 0 Å². The molecule has 2 fully saturated rings. The quantitative estimate of drug-likeness (QED) is 0.298. The van der Waals surface area contributed by atoms with Gasteiger partial charge in [0.15, 0.2) is 0 Å². The minimum absolute atomic E-state index is 0.0371. The molecule has 0 aliphatic carbocycles. The second kappa shape index (κ2) is 11.2. The lowest BCUT2D eigenvalue weighted by Gasteiger charge is -2.37. The number of benzene rings is 2. The Bertz CT molecular complexity index is 1550. The molecule has 4 aromatic rings. The predicted octanol–water partition coefficient (Wildman–Crippen LogP) is 5.97. The summed E-state index contributed by atoms with van der Waals surface area (Å²) in [4.78, 5) is 15.7. The predicted molar refractivity (Wildman–Crippen MR) is 147 cm³/mol. The zero-order valence-electron chi connectivity index (χ0n) is 22.5. The molecule has 8 nitrogen and oxygen atoms in total. The Kier molecular flexibility index (Phi) is 7.48. The van der Waals surface area contributed by atoms with E-state index >= 15 is 0 Å². The molecule has 1 unspecified atom stereocenters. The van der Waals surface area contributed by atoms with Crippen LogP contribution in [0.15, 0.2) is 67.4 Å². The lowest BCUT2D eigenvalue weighted by molar-refractivity contribution is -0.192. The second-order valence-corrected chi connectivity index (χ2v) is 10.7. The summed E-state index contributed by atoms with van der Waals surface area (Å²) in [5, 5.41) is 11.7. The SMILES string of the molecule is Fc1cccc2c1C(C1CCN(c3ccc(-c4cnn([C@@H]5CCOC5)c4)cc3)CC1)n1cncc1-2.O=C(O)C(F)(F)F. The van der Waals surface area contributed by atoms with Gasteiger partial charge in [0, 0.05) is 48.3 Å². The van der Waals surface area contributed by atoms with Crippen LogP contribution < -0.4 is 4.90 Å². The number of piperidine rings is 1. The first-order valence-electron chi connectivity index (χ1n) is 13.8. The molecule has 2 aromatic carbocycles. The summed E-state index contributed by atoms with van der Waals surface area (Å²) < 4.78 is 56.3. The Morgan fingerprint density at radius 1 is 1.00 bits per heavy atom. The number of carbonyl (C=O) groups is 1. The number of halogens is 4. The van der Waals surface area contributed by atoms with E-state index in [4.69, 9.17) is 14.6 Å². The topological polar surface area (TPSA) is 85.4 Å². The average molecular weight is 584 g/mol. The van der Waals surface area contributed by atoms with Gasteiger partial charge in [-0.3, -0.25) is 4.68 Å². The Labute approximate surface area is 239 Å². The summed E-state index contributed by atoms with van der Waals surface area (Å²) in [5.41, 5.74) is 6.43. The van der Waals surface area contributed by atoms with Crippen LogP contribution in [0.1, 0.15) is 36.9 Å². The molecule has 0 amide bonds. The molecule has 0 saturated carbocycles. The molecular formula is C30H29F4N5O3. The van der Waals surface area contributed by atoms with Crippen molar-refractivity contribution in [1.29, 1.82) is 0 Å². The van der Waals surface area contributed by atoms with Crippen molar-refractivity contribution in [3.8, 4) is 22.4 Å². The maximum Gasteiger partial charge on any atom is 0.490 e. The third-order valence-electron chi connectivity index (χ3n) is 8.27. The van der Waals surface area contributed by atoms with E-state index in [2.05, 4.69) is 50.0 Å². The van der Waals surface area contributed by atoms with Gasteiger partial charge in [0.2, 0.25) is 0 Å². The lowest BCUT2D eigenvalue weighted by Crippen LogP contribution is -2.36. The largest absolute Gasteiger partial charge is 0.490 e. The van der Waals surface area contributed by atoms with Gasteiger partial charge in [0.25, 0.3) is 0 Å². The minimum atomic E-state index is -5.08. The van der Waals surface area contributed by atoms with Gasteiger partial charge in [-0.2, -0.15) is 18.3 Å². The second-order valence-electron chi connectivity index (χ2n) is 10.7. The number of ether oxygens (including phenoxy) is 1. The van der Waals surface area contributed by atoms with Gasteiger partial charge < -0.3 is 19.3 Å². The molecule has 3 aliphatic rings. The number of fused-ring (bicyclic) bond motifs is 3. The Balaban J connectivity index is 0.000000405. The zero-order chi connectivity index (χ0) is 29.4. The first-order chi connectivity index (χ1) is 20.2. The Morgan fingerprint density at radius 3 is 2.40 bits per heavy atom.